The number of rotatable bonds is 4. The Bertz CT molecular complexity index is 1050. The van der Waals surface area contributed by atoms with Gasteiger partial charge >= 0.3 is 0 Å². The van der Waals surface area contributed by atoms with E-state index in [9.17, 15) is 14.3 Å². The third-order valence-electron chi connectivity index (χ3n) is 5.31. The van der Waals surface area contributed by atoms with Crippen molar-refractivity contribution in [2.75, 3.05) is 20.2 Å². The number of fused-ring (bicyclic) bond motifs is 1. The molecular weight excluding hydrogens is 371 g/mol. The molecule has 1 amide bonds. The van der Waals surface area contributed by atoms with Gasteiger partial charge in [0, 0.05) is 18.2 Å². The lowest BCUT2D eigenvalue weighted by Gasteiger charge is -2.29. The SMILES string of the molecule is COc1cc(F)cc(-c2ccc3cc(C(=O)N[C@@H]4CCNC[C@H]4O)ccc3c2)c1. The molecule has 1 saturated heterocycles. The van der Waals surface area contributed by atoms with Gasteiger partial charge in [-0.2, -0.15) is 0 Å². The normalized spacial score (nSPS) is 19.1. The minimum Gasteiger partial charge on any atom is -0.497 e. The zero-order valence-electron chi connectivity index (χ0n) is 16.1. The lowest BCUT2D eigenvalue weighted by Crippen LogP contribution is -2.52. The van der Waals surface area contributed by atoms with E-state index in [1.165, 1.54) is 19.2 Å². The van der Waals surface area contributed by atoms with Gasteiger partial charge in [-0.1, -0.05) is 18.2 Å². The number of aliphatic hydroxyl groups excluding tert-OH is 1. The van der Waals surface area contributed by atoms with Gasteiger partial charge in [-0.15, -0.1) is 0 Å². The minimum atomic E-state index is -0.584. The monoisotopic (exact) mass is 394 g/mol. The first kappa shape index (κ1) is 19.4. The molecule has 0 spiro atoms. The third-order valence-corrected chi connectivity index (χ3v) is 5.31. The second-order valence-corrected chi connectivity index (χ2v) is 7.30. The molecule has 0 aromatic heterocycles. The summed E-state index contributed by atoms with van der Waals surface area (Å²) in [6, 6.07) is 15.6. The number of methoxy groups -OCH3 is 1. The van der Waals surface area contributed by atoms with Crippen molar-refractivity contribution in [1.82, 2.24) is 10.6 Å². The molecule has 4 rings (SSSR count). The van der Waals surface area contributed by atoms with E-state index in [2.05, 4.69) is 10.6 Å². The summed E-state index contributed by atoms with van der Waals surface area (Å²) in [5.41, 5.74) is 2.14. The molecular formula is C23H23FN2O3. The first-order valence-electron chi connectivity index (χ1n) is 9.62. The lowest BCUT2D eigenvalue weighted by molar-refractivity contribution is 0.0765. The van der Waals surface area contributed by atoms with Crippen molar-refractivity contribution in [3.8, 4) is 16.9 Å². The highest BCUT2D eigenvalue weighted by atomic mass is 19.1. The summed E-state index contributed by atoms with van der Waals surface area (Å²) in [5.74, 6) is -0.0874. The number of aliphatic hydroxyl groups is 1. The maximum Gasteiger partial charge on any atom is 0.251 e. The van der Waals surface area contributed by atoms with Crippen LogP contribution < -0.4 is 15.4 Å². The molecule has 3 aromatic rings. The Morgan fingerprint density at radius 1 is 1.10 bits per heavy atom. The Morgan fingerprint density at radius 3 is 2.69 bits per heavy atom. The quantitative estimate of drug-likeness (QED) is 0.636. The van der Waals surface area contributed by atoms with Crippen LogP contribution in [-0.2, 0) is 0 Å². The highest BCUT2D eigenvalue weighted by Gasteiger charge is 2.24. The van der Waals surface area contributed by atoms with E-state index in [4.69, 9.17) is 4.74 Å². The van der Waals surface area contributed by atoms with Crippen molar-refractivity contribution in [2.24, 2.45) is 0 Å². The molecule has 0 radical (unpaired) electrons. The number of carbonyl (C=O) groups excluding carboxylic acids is 1. The standard InChI is InChI=1S/C23H23FN2O3/c1-29-20-11-18(10-19(24)12-20)16-3-2-15-9-17(5-4-14(15)8-16)23(28)26-21-6-7-25-13-22(21)27/h2-5,8-12,21-22,25,27H,6-7,13H2,1H3,(H,26,28)/t21-,22-/m1/s1. The molecule has 6 heteroatoms. The summed E-state index contributed by atoms with van der Waals surface area (Å²) in [6.45, 7) is 1.25. The molecule has 1 aliphatic rings. The van der Waals surface area contributed by atoms with Gasteiger partial charge in [0.15, 0.2) is 0 Å². The van der Waals surface area contributed by atoms with Crippen LogP contribution in [-0.4, -0.2) is 43.4 Å². The number of β-amino-alcohol motifs (C(OH)–C–C–N with tert-alkyl or cyclic N) is 1. The van der Waals surface area contributed by atoms with Crippen LogP contribution in [0, 0.1) is 5.82 Å². The summed E-state index contributed by atoms with van der Waals surface area (Å²) in [5, 5.41) is 17.9. The number of hydrogen-bond acceptors (Lipinski definition) is 4. The van der Waals surface area contributed by atoms with E-state index in [1.54, 1.807) is 12.1 Å². The Balaban J connectivity index is 1.58. The Hall–Kier alpha value is -2.96. The largest absolute Gasteiger partial charge is 0.497 e. The molecule has 1 fully saturated rings. The fraction of sp³-hybridized carbons (Fsp3) is 0.261. The maximum atomic E-state index is 13.8. The van der Waals surface area contributed by atoms with Gasteiger partial charge in [-0.25, -0.2) is 4.39 Å². The van der Waals surface area contributed by atoms with Crippen LogP contribution in [0.3, 0.4) is 0 Å². The highest BCUT2D eigenvalue weighted by molar-refractivity contribution is 5.99. The zero-order chi connectivity index (χ0) is 20.4. The average molecular weight is 394 g/mol. The second kappa shape index (κ2) is 8.19. The summed E-state index contributed by atoms with van der Waals surface area (Å²) in [7, 11) is 1.51. The molecule has 1 aliphatic heterocycles. The number of amides is 1. The summed E-state index contributed by atoms with van der Waals surface area (Å²) < 4.78 is 19.0. The summed E-state index contributed by atoms with van der Waals surface area (Å²) in [4.78, 5) is 12.6. The molecule has 150 valence electrons. The molecule has 2 atom stereocenters. The van der Waals surface area contributed by atoms with Gasteiger partial charge < -0.3 is 20.5 Å². The van der Waals surface area contributed by atoms with Gasteiger partial charge in [0.1, 0.15) is 11.6 Å². The Morgan fingerprint density at radius 2 is 1.90 bits per heavy atom. The van der Waals surface area contributed by atoms with Crippen molar-refractivity contribution in [3.05, 3.63) is 66.0 Å². The van der Waals surface area contributed by atoms with Gasteiger partial charge in [0.05, 0.1) is 19.3 Å². The van der Waals surface area contributed by atoms with Crippen molar-refractivity contribution < 1.29 is 19.0 Å². The summed E-state index contributed by atoms with van der Waals surface area (Å²) >= 11 is 0. The number of halogens is 1. The molecule has 5 nitrogen and oxygen atoms in total. The molecule has 3 aromatic carbocycles. The lowest BCUT2D eigenvalue weighted by atomic mass is 9.99. The van der Waals surface area contributed by atoms with Crippen molar-refractivity contribution >= 4 is 16.7 Å². The number of ether oxygens (including phenoxy) is 1. The molecule has 0 bridgehead atoms. The fourth-order valence-electron chi connectivity index (χ4n) is 3.68. The molecule has 1 heterocycles. The van der Waals surface area contributed by atoms with Crippen LogP contribution in [0.2, 0.25) is 0 Å². The topological polar surface area (TPSA) is 70.6 Å². The average Bonchev–Trinajstić information content (AvgIpc) is 2.74. The first-order chi connectivity index (χ1) is 14.0. The maximum absolute atomic E-state index is 13.8. The number of carbonyl (C=O) groups is 1. The van der Waals surface area contributed by atoms with E-state index in [0.29, 0.717) is 24.3 Å². The molecule has 0 aliphatic carbocycles. The van der Waals surface area contributed by atoms with Crippen molar-refractivity contribution in [3.63, 3.8) is 0 Å². The summed E-state index contributed by atoms with van der Waals surface area (Å²) in [6.07, 6.45) is 0.111. The smallest absolute Gasteiger partial charge is 0.251 e. The predicted octanol–water partition coefficient (Wildman–Crippen LogP) is 3.11. The van der Waals surface area contributed by atoms with Crippen LogP contribution in [0.5, 0.6) is 5.75 Å². The number of nitrogens with one attached hydrogen (secondary N) is 2. The van der Waals surface area contributed by atoms with E-state index in [0.717, 1.165) is 28.4 Å². The van der Waals surface area contributed by atoms with Gasteiger partial charge in [0.25, 0.3) is 5.91 Å². The van der Waals surface area contributed by atoms with Crippen molar-refractivity contribution in [1.29, 1.82) is 0 Å². The van der Waals surface area contributed by atoms with E-state index in [-0.39, 0.29) is 17.8 Å². The van der Waals surface area contributed by atoms with Gasteiger partial charge in [-0.05, 0) is 65.2 Å². The predicted molar refractivity (Wildman–Crippen MR) is 111 cm³/mol. The first-order valence-corrected chi connectivity index (χ1v) is 9.62. The van der Waals surface area contributed by atoms with E-state index < -0.39 is 6.10 Å². The van der Waals surface area contributed by atoms with Crippen molar-refractivity contribution in [2.45, 2.75) is 18.6 Å². The molecule has 0 unspecified atom stereocenters. The molecule has 29 heavy (non-hydrogen) atoms. The van der Waals surface area contributed by atoms with Gasteiger partial charge in [-0.3, -0.25) is 4.79 Å². The van der Waals surface area contributed by atoms with Crippen LogP contribution in [0.1, 0.15) is 16.8 Å². The van der Waals surface area contributed by atoms with Crippen LogP contribution in [0.15, 0.2) is 54.6 Å². The molecule has 3 N–H and O–H groups in total. The Labute approximate surface area is 168 Å². The van der Waals surface area contributed by atoms with E-state index in [1.807, 2.05) is 30.3 Å². The third kappa shape index (κ3) is 4.23. The number of benzene rings is 3. The van der Waals surface area contributed by atoms with Gasteiger partial charge in [0.2, 0.25) is 0 Å². The Kier molecular flexibility index (Phi) is 5.47. The molecule has 0 saturated carbocycles. The second-order valence-electron chi connectivity index (χ2n) is 7.30. The zero-order valence-corrected chi connectivity index (χ0v) is 16.1. The van der Waals surface area contributed by atoms with E-state index >= 15 is 0 Å². The van der Waals surface area contributed by atoms with Crippen LogP contribution in [0.4, 0.5) is 4.39 Å². The fourth-order valence-corrected chi connectivity index (χ4v) is 3.68. The highest BCUT2D eigenvalue weighted by Crippen LogP contribution is 2.29. The minimum absolute atomic E-state index is 0.197. The number of piperidine rings is 1. The van der Waals surface area contributed by atoms with Crippen LogP contribution >= 0.6 is 0 Å². The van der Waals surface area contributed by atoms with Crippen LogP contribution in [0.25, 0.3) is 21.9 Å². The number of hydrogen-bond donors (Lipinski definition) is 3.